The first-order valence-corrected chi connectivity index (χ1v) is 10.8. The van der Waals surface area contributed by atoms with Crippen molar-refractivity contribution < 1.29 is 27.8 Å². The second-order valence-electron chi connectivity index (χ2n) is 7.48. The summed E-state index contributed by atoms with van der Waals surface area (Å²) < 4.78 is 45.2. The molecular weight excluding hydrogens is 441 g/mol. The number of alkyl halides is 3. The van der Waals surface area contributed by atoms with Crippen LogP contribution in [0, 0.1) is 13.8 Å². The Balaban J connectivity index is 1.66. The van der Waals surface area contributed by atoms with E-state index >= 15 is 0 Å². The lowest BCUT2D eigenvalue weighted by Gasteiger charge is -2.12. The van der Waals surface area contributed by atoms with Gasteiger partial charge in [0.15, 0.2) is 6.61 Å². The Labute approximate surface area is 188 Å². The number of rotatable bonds is 8. The fourth-order valence-corrected chi connectivity index (χ4v) is 4.26. The lowest BCUT2D eigenvalue weighted by molar-refractivity contribution is -0.139. The molecular formula is C23H23F3N2O3S. The number of ether oxygens (including phenoxy) is 1. The number of benzene rings is 2. The summed E-state index contributed by atoms with van der Waals surface area (Å²) in [6.07, 6.45) is -2.51. The van der Waals surface area contributed by atoms with E-state index in [4.69, 9.17) is 9.84 Å². The third-order valence-corrected chi connectivity index (χ3v) is 6.18. The summed E-state index contributed by atoms with van der Waals surface area (Å²) in [4.78, 5) is 11.7. The number of aromatic nitrogens is 2. The van der Waals surface area contributed by atoms with Gasteiger partial charge < -0.3 is 9.84 Å². The molecule has 2 aromatic carbocycles. The summed E-state index contributed by atoms with van der Waals surface area (Å²) in [5.74, 6) is 0.447. The Hall–Kier alpha value is -2.94. The predicted molar refractivity (Wildman–Crippen MR) is 117 cm³/mol. The van der Waals surface area contributed by atoms with Crippen molar-refractivity contribution in [2.45, 2.75) is 37.8 Å². The first kappa shape index (κ1) is 23.7. The van der Waals surface area contributed by atoms with E-state index in [0.717, 1.165) is 39.6 Å². The zero-order chi connectivity index (χ0) is 23.5. The molecule has 1 aromatic heterocycles. The van der Waals surface area contributed by atoms with E-state index in [1.54, 1.807) is 22.5 Å². The molecule has 3 rings (SSSR count). The van der Waals surface area contributed by atoms with Gasteiger partial charge in [0.1, 0.15) is 5.75 Å². The Morgan fingerprint density at radius 3 is 2.47 bits per heavy atom. The van der Waals surface area contributed by atoms with Crippen LogP contribution in [0.2, 0.25) is 0 Å². The molecule has 1 atom stereocenters. The first-order chi connectivity index (χ1) is 15.0. The van der Waals surface area contributed by atoms with Crippen LogP contribution in [0.25, 0.3) is 5.69 Å². The second kappa shape index (κ2) is 9.68. The van der Waals surface area contributed by atoms with Crippen molar-refractivity contribution in [3.63, 3.8) is 0 Å². The Bertz CT molecular complexity index is 1090. The van der Waals surface area contributed by atoms with E-state index in [0.29, 0.717) is 11.4 Å². The fraction of sp³-hybridized carbons (Fsp3) is 0.304. The van der Waals surface area contributed by atoms with Crippen molar-refractivity contribution >= 4 is 17.7 Å². The highest BCUT2D eigenvalue weighted by molar-refractivity contribution is 7.99. The van der Waals surface area contributed by atoms with Gasteiger partial charge in [-0.1, -0.05) is 6.92 Å². The molecule has 0 aliphatic rings. The van der Waals surface area contributed by atoms with Crippen LogP contribution in [-0.2, 0) is 11.0 Å². The number of carbonyl (C=O) groups is 1. The Morgan fingerprint density at radius 1 is 1.19 bits per heavy atom. The maximum absolute atomic E-state index is 12.8. The van der Waals surface area contributed by atoms with Crippen molar-refractivity contribution in [2.24, 2.45) is 0 Å². The van der Waals surface area contributed by atoms with Gasteiger partial charge in [0.2, 0.25) is 0 Å². The molecule has 0 saturated carbocycles. The lowest BCUT2D eigenvalue weighted by atomic mass is 10.1. The molecule has 0 aliphatic heterocycles. The number of halogens is 3. The fourth-order valence-electron chi connectivity index (χ4n) is 3.22. The lowest BCUT2D eigenvalue weighted by Crippen LogP contribution is -2.10. The summed E-state index contributed by atoms with van der Waals surface area (Å²) in [5, 5.41) is 13.2. The molecule has 1 N–H and O–H groups in total. The minimum absolute atomic E-state index is 0.159. The van der Waals surface area contributed by atoms with Crippen LogP contribution in [0.5, 0.6) is 5.75 Å². The number of aliphatic carboxylic acids is 1. The van der Waals surface area contributed by atoms with Crippen LogP contribution in [-0.4, -0.2) is 33.2 Å². The molecule has 0 aliphatic carbocycles. The summed E-state index contributed by atoms with van der Waals surface area (Å²) in [6, 6.07) is 10.5. The van der Waals surface area contributed by atoms with E-state index in [9.17, 15) is 18.0 Å². The second-order valence-corrected chi connectivity index (χ2v) is 8.57. The molecule has 3 aromatic rings. The summed E-state index contributed by atoms with van der Waals surface area (Å²) >= 11 is 1.66. The molecule has 32 heavy (non-hydrogen) atoms. The molecule has 0 radical (unpaired) electrons. The predicted octanol–water partition coefficient (Wildman–Crippen LogP) is 5.87. The van der Waals surface area contributed by atoms with Gasteiger partial charge >= 0.3 is 12.1 Å². The number of aryl methyl sites for hydroxylation is 2. The summed E-state index contributed by atoms with van der Waals surface area (Å²) in [5.41, 5.74) is 2.59. The van der Waals surface area contributed by atoms with Crippen molar-refractivity contribution in [2.75, 3.05) is 12.4 Å². The average molecular weight is 465 g/mol. The van der Waals surface area contributed by atoms with Gasteiger partial charge in [-0.15, -0.1) is 11.8 Å². The molecule has 1 heterocycles. The van der Waals surface area contributed by atoms with Crippen LogP contribution in [0.15, 0.2) is 53.6 Å². The molecule has 0 amide bonds. The summed E-state index contributed by atoms with van der Waals surface area (Å²) in [7, 11) is 0. The first-order valence-electron chi connectivity index (χ1n) is 9.86. The van der Waals surface area contributed by atoms with Crippen molar-refractivity contribution in [1.82, 2.24) is 9.78 Å². The third kappa shape index (κ3) is 5.85. The number of carboxylic acids is 1. The number of hydrogen-bond acceptors (Lipinski definition) is 4. The molecule has 0 fully saturated rings. The van der Waals surface area contributed by atoms with E-state index in [-0.39, 0.29) is 12.5 Å². The van der Waals surface area contributed by atoms with Crippen LogP contribution in [0.3, 0.4) is 0 Å². The van der Waals surface area contributed by atoms with E-state index in [1.807, 2.05) is 32.2 Å². The zero-order valence-electron chi connectivity index (χ0n) is 17.8. The standard InChI is InChI=1S/C23H23F3N2O3S/c1-14-10-19(8-9-21(14)31-12-22(29)30)32-13-15(2)20-11-28(27-16(20)3)18-6-4-17(5-7-18)23(24,25)26/h4-11,15H,12-13H2,1-3H3,(H,29,30)/t15-/m0/s1. The van der Waals surface area contributed by atoms with Crippen LogP contribution >= 0.6 is 11.8 Å². The normalized spacial score (nSPS) is 12.6. The zero-order valence-corrected chi connectivity index (χ0v) is 18.6. The smallest absolute Gasteiger partial charge is 0.416 e. The Kier molecular flexibility index (Phi) is 7.18. The van der Waals surface area contributed by atoms with Gasteiger partial charge in [0.25, 0.3) is 0 Å². The van der Waals surface area contributed by atoms with E-state index < -0.39 is 17.7 Å². The number of carboxylic acid groups (broad SMARTS) is 1. The Morgan fingerprint density at radius 2 is 1.88 bits per heavy atom. The summed E-state index contributed by atoms with van der Waals surface area (Å²) in [6.45, 7) is 5.44. The molecule has 0 spiro atoms. The quantitative estimate of drug-likeness (QED) is 0.423. The average Bonchev–Trinajstić information content (AvgIpc) is 3.12. The highest BCUT2D eigenvalue weighted by atomic mass is 32.2. The number of nitrogens with zero attached hydrogens (tertiary/aromatic N) is 2. The van der Waals surface area contributed by atoms with Gasteiger partial charge in [-0.05, 0) is 73.4 Å². The minimum atomic E-state index is -4.37. The largest absolute Gasteiger partial charge is 0.482 e. The van der Waals surface area contributed by atoms with Gasteiger partial charge in [0, 0.05) is 16.8 Å². The van der Waals surface area contributed by atoms with E-state index in [2.05, 4.69) is 12.0 Å². The SMILES string of the molecule is Cc1cc(SC[C@H](C)c2cn(-c3ccc(C(F)(F)F)cc3)nc2C)ccc1OCC(=O)O. The van der Waals surface area contributed by atoms with Crippen molar-refractivity contribution in [3.8, 4) is 11.4 Å². The third-order valence-electron chi connectivity index (χ3n) is 4.92. The molecule has 0 unspecified atom stereocenters. The van der Waals surface area contributed by atoms with Gasteiger partial charge in [-0.25, -0.2) is 9.48 Å². The maximum Gasteiger partial charge on any atom is 0.416 e. The molecule has 0 saturated heterocycles. The van der Waals surface area contributed by atoms with Crippen molar-refractivity contribution in [3.05, 3.63) is 71.0 Å². The molecule has 9 heteroatoms. The van der Waals surface area contributed by atoms with Crippen molar-refractivity contribution in [1.29, 1.82) is 0 Å². The topological polar surface area (TPSA) is 64.4 Å². The van der Waals surface area contributed by atoms with Crippen LogP contribution < -0.4 is 4.74 Å². The van der Waals surface area contributed by atoms with Gasteiger partial charge in [0.05, 0.1) is 16.9 Å². The monoisotopic (exact) mass is 464 g/mol. The molecule has 5 nitrogen and oxygen atoms in total. The minimum Gasteiger partial charge on any atom is -0.482 e. The van der Waals surface area contributed by atoms with Gasteiger partial charge in [-0.2, -0.15) is 18.3 Å². The van der Waals surface area contributed by atoms with E-state index in [1.165, 1.54) is 12.1 Å². The van der Waals surface area contributed by atoms with Gasteiger partial charge in [-0.3, -0.25) is 0 Å². The van der Waals surface area contributed by atoms with Crippen LogP contribution in [0.4, 0.5) is 13.2 Å². The van der Waals surface area contributed by atoms with Crippen LogP contribution in [0.1, 0.15) is 35.2 Å². The molecule has 170 valence electrons. The maximum atomic E-state index is 12.8. The highest BCUT2D eigenvalue weighted by Gasteiger charge is 2.30. The molecule has 0 bridgehead atoms. The number of thioether (sulfide) groups is 1. The number of hydrogen-bond donors (Lipinski definition) is 1. The highest BCUT2D eigenvalue weighted by Crippen LogP contribution is 2.32.